The summed E-state index contributed by atoms with van der Waals surface area (Å²) in [5.41, 5.74) is 1.46. The minimum atomic E-state index is -0.992. The van der Waals surface area contributed by atoms with Crippen LogP contribution in [-0.4, -0.2) is 39.4 Å². The molecule has 2 aromatic rings. The summed E-state index contributed by atoms with van der Waals surface area (Å²) in [4.78, 5) is 25.2. The van der Waals surface area contributed by atoms with Crippen LogP contribution in [0.3, 0.4) is 0 Å². The number of aliphatic carboxylic acids is 1. The molecule has 2 aromatic carbocycles. The third-order valence-corrected chi connectivity index (χ3v) is 6.99. The van der Waals surface area contributed by atoms with E-state index in [1.54, 1.807) is 36.4 Å². The highest BCUT2D eigenvalue weighted by atomic mass is 79.9. The van der Waals surface area contributed by atoms with E-state index < -0.39 is 5.97 Å². The van der Waals surface area contributed by atoms with Gasteiger partial charge in [0.2, 0.25) is 0 Å². The van der Waals surface area contributed by atoms with Crippen molar-refractivity contribution < 1.29 is 24.2 Å². The zero-order chi connectivity index (χ0) is 24.1. The minimum absolute atomic E-state index is 0.0330. The number of halogens is 3. The predicted octanol–water partition coefficient (Wildman–Crippen LogP) is 6.41. The van der Waals surface area contributed by atoms with Gasteiger partial charge in [0.05, 0.1) is 22.4 Å². The van der Waals surface area contributed by atoms with Crippen LogP contribution < -0.4 is 9.47 Å². The van der Waals surface area contributed by atoms with E-state index in [9.17, 15) is 9.59 Å². The fourth-order valence-corrected chi connectivity index (χ4v) is 5.26. The lowest BCUT2D eigenvalue weighted by Crippen LogP contribution is -2.30. The summed E-state index contributed by atoms with van der Waals surface area (Å²) >= 11 is 22.1. The molecule has 0 aromatic heterocycles. The van der Waals surface area contributed by atoms with Crippen molar-refractivity contribution in [1.82, 2.24) is 4.90 Å². The Hall–Kier alpha value is -1.78. The Morgan fingerprint density at radius 3 is 2.70 bits per heavy atom. The van der Waals surface area contributed by atoms with Crippen LogP contribution in [0.4, 0.5) is 0 Å². The number of amides is 1. The third kappa shape index (κ3) is 6.64. The first-order valence-corrected chi connectivity index (χ1v) is 12.5. The lowest BCUT2D eigenvalue weighted by molar-refractivity contribution is -0.137. The van der Waals surface area contributed by atoms with Crippen LogP contribution in [0.5, 0.6) is 11.5 Å². The minimum Gasteiger partial charge on any atom is -0.490 e. The summed E-state index contributed by atoms with van der Waals surface area (Å²) in [5.74, 6) is -0.328. The number of thiocarbonyl (C=S) groups is 1. The number of thioether (sulfide) groups is 1. The van der Waals surface area contributed by atoms with Gasteiger partial charge in [-0.2, -0.15) is 0 Å². The monoisotopic (exact) mass is 589 g/mol. The first-order valence-electron chi connectivity index (χ1n) is 9.69. The third-order valence-electron chi connectivity index (χ3n) is 4.44. The Morgan fingerprint density at radius 2 is 2.03 bits per heavy atom. The van der Waals surface area contributed by atoms with Gasteiger partial charge in [-0.25, -0.2) is 0 Å². The molecule has 0 spiro atoms. The summed E-state index contributed by atoms with van der Waals surface area (Å²) < 4.78 is 12.7. The Balaban J connectivity index is 1.84. The predicted molar refractivity (Wildman–Crippen MR) is 138 cm³/mol. The van der Waals surface area contributed by atoms with Crippen LogP contribution in [0.25, 0.3) is 6.08 Å². The second-order valence-corrected chi connectivity index (χ2v) is 10.1. The Bertz CT molecular complexity index is 1140. The molecule has 0 bridgehead atoms. The van der Waals surface area contributed by atoms with Gasteiger partial charge in [0.15, 0.2) is 11.5 Å². The van der Waals surface area contributed by atoms with Crippen molar-refractivity contribution in [3.05, 3.63) is 60.9 Å². The van der Waals surface area contributed by atoms with Crippen molar-refractivity contribution in [2.45, 2.75) is 20.0 Å². The van der Waals surface area contributed by atoms with E-state index in [0.717, 1.165) is 17.3 Å². The van der Waals surface area contributed by atoms with Gasteiger partial charge in [0.25, 0.3) is 5.91 Å². The highest BCUT2D eigenvalue weighted by Gasteiger charge is 2.32. The van der Waals surface area contributed by atoms with Gasteiger partial charge in [-0.05, 0) is 58.8 Å². The number of rotatable bonds is 9. The second kappa shape index (κ2) is 11.6. The standard InChI is InChI=1S/C22H18BrCl2NO5S2/c1-2-30-17-8-12(9-18-21(29)26(22(32)33-18)6-5-19(27)28)7-15(23)20(17)31-11-13-3-4-14(24)10-16(13)25/h3-4,7-10H,2,5-6,11H2,1H3,(H,27,28)/b18-9+. The molecule has 1 amide bonds. The van der Waals surface area contributed by atoms with E-state index >= 15 is 0 Å². The molecule has 1 aliphatic heterocycles. The Morgan fingerprint density at radius 1 is 1.27 bits per heavy atom. The molecular weight excluding hydrogens is 573 g/mol. The summed E-state index contributed by atoms with van der Waals surface area (Å²) in [6, 6.07) is 8.73. The second-order valence-electron chi connectivity index (χ2n) is 6.76. The number of carbonyl (C=O) groups excluding carboxylic acids is 1. The lowest BCUT2D eigenvalue weighted by atomic mass is 10.1. The summed E-state index contributed by atoms with van der Waals surface area (Å²) in [7, 11) is 0. The maximum Gasteiger partial charge on any atom is 0.305 e. The number of carboxylic acid groups (broad SMARTS) is 1. The number of carbonyl (C=O) groups is 2. The molecule has 6 nitrogen and oxygen atoms in total. The van der Waals surface area contributed by atoms with Crippen molar-refractivity contribution in [2.24, 2.45) is 0 Å². The van der Waals surface area contributed by atoms with Crippen molar-refractivity contribution in [3.8, 4) is 11.5 Å². The molecule has 1 N–H and O–H groups in total. The Kier molecular flexibility index (Phi) is 9.06. The van der Waals surface area contributed by atoms with Crippen molar-refractivity contribution in [3.63, 3.8) is 0 Å². The largest absolute Gasteiger partial charge is 0.490 e. The maximum atomic E-state index is 12.7. The number of carboxylic acids is 1. The van der Waals surface area contributed by atoms with Gasteiger partial charge < -0.3 is 14.6 Å². The molecule has 0 radical (unpaired) electrons. The van der Waals surface area contributed by atoms with Crippen molar-refractivity contribution in [1.29, 1.82) is 0 Å². The molecule has 11 heteroatoms. The molecule has 3 rings (SSSR count). The highest BCUT2D eigenvalue weighted by molar-refractivity contribution is 9.10. The smallest absolute Gasteiger partial charge is 0.305 e. The molecule has 33 heavy (non-hydrogen) atoms. The SMILES string of the molecule is CCOc1cc(/C=C2/SC(=S)N(CCC(=O)O)C2=O)cc(Br)c1OCc1ccc(Cl)cc1Cl. The lowest BCUT2D eigenvalue weighted by Gasteiger charge is -2.15. The van der Waals surface area contributed by atoms with Gasteiger partial charge in [-0.1, -0.05) is 53.2 Å². The molecular formula is C22H18BrCl2NO5S2. The van der Waals surface area contributed by atoms with E-state index in [1.165, 1.54) is 4.90 Å². The molecule has 0 aliphatic carbocycles. The molecule has 1 heterocycles. The molecule has 0 atom stereocenters. The first-order chi connectivity index (χ1) is 15.7. The average Bonchev–Trinajstić information content (AvgIpc) is 2.99. The zero-order valence-electron chi connectivity index (χ0n) is 17.3. The number of hydrogen-bond donors (Lipinski definition) is 1. The van der Waals surface area contributed by atoms with Crippen molar-refractivity contribution in [2.75, 3.05) is 13.2 Å². The first kappa shape index (κ1) is 25.8. The van der Waals surface area contributed by atoms with Crippen LogP contribution >= 0.6 is 63.1 Å². The fraction of sp³-hybridized carbons (Fsp3) is 0.227. The average molecular weight is 591 g/mol. The van der Waals surface area contributed by atoms with Crippen LogP contribution in [-0.2, 0) is 16.2 Å². The summed E-state index contributed by atoms with van der Waals surface area (Å²) in [6.07, 6.45) is 1.51. The molecule has 1 fully saturated rings. The quantitative estimate of drug-likeness (QED) is 0.267. The molecule has 0 unspecified atom stereocenters. The van der Waals surface area contributed by atoms with E-state index in [0.29, 0.717) is 47.4 Å². The van der Waals surface area contributed by atoms with Crippen LogP contribution in [0.15, 0.2) is 39.7 Å². The highest BCUT2D eigenvalue weighted by Crippen LogP contribution is 2.40. The fourth-order valence-electron chi connectivity index (χ4n) is 2.91. The van der Waals surface area contributed by atoms with Crippen LogP contribution in [0.1, 0.15) is 24.5 Å². The topological polar surface area (TPSA) is 76.1 Å². The number of nitrogens with zero attached hydrogens (tertiary/aromatic N) is 1. The normalized spacial score (nSPS) is 14.8. The van der Waals surface area contributed by atoms with Crippen LogP contribution in [0, 0.1) is 0 Å². The van der Waals surface area contributed by atoms with E-state index in [4.69, 9.17) is 50.0 Å². The van der Waals surface area contributed by atoms with Gasteiger partial charge in [0.1, 0.15) is 10.9 Å². The van der Waals surface area contributed by atoms with Crippen LogP contribution in [0.2, 0.25) is 10.0 Å². The maximum absolute atomic E-state index is 12.7. The number of benzene rings is 2. The van der Waals surface area contributed by atoms with E-state index in [2.05, 4.69) is 15.9 Å². The molecule has 0 saturated carbocycles. The summed E-state index contributed by atoms with van der Waals surface area (Å²) in [5, 5.41) is 9.92. The zero-order valence-corrected chi connectivity index (χ0v) is 22.0. The van der Waals surface area contributed by atoms with Crippen molar-refractivity contribution >= 4 is 85.4 Å². The van der Waals surface area contributed by atoms with Gasteiger partial charge in [0, 0.05) is 22.2 Å². The summed E-state index contributed by atoms with van der Waals surface area (Å²) in [6.45, 7) is 2.50. The molecule has 174 valence electrons. The van der Waals surface area contributed by atoms with E-state index in [1.807, 2.05) is 6.92 Å². The van der Waals surface area contributed by atoms with Gasteiger partial charge in [-0.15, -0.1) is 0 Å². The Labute approximate surface area is 219 Å². The molecule has 1 saturated heterocycles. The molecule has 1 aliphatic rings. The number of ether oxygens (including phenoxy) is 2. The van der Waals surface area contributed by atoms with Gasteiger partial charge >= 0.3 is 5.97 Å². The van der Waals surface area contributed by atoms with E-state index in [-0.39, 0.29) is 25.5 Å². The van der Waals surface area contributed by atoms with Gasteiger partial charge in [-0.3, -0.25) is 14.5 Å². The number of hydrogen-bond acceptors (Lipinski definition) is 6.